The van der Waals surface area contributed by atoms with Gasteiger partial charge in [0.1, 0.15) is 15.0 Å². The van der Waals surface area contributed by atoms with Crippen LogP contribution in [0.3, 0.4) is 0 Å². The van der Waals surface area contributed by atoms with E-state index >= 15 is 0 Å². The van der Waals surface area contributed by atoms with Crippen molar-refractivity contribution in [3.8, 4) is 6.07 Å². The number of anilines is 1. The maximum Gasteiger partial charge on any atom is 0.264 e. The van der Waals surface area contributed by atoms with Crippen molar-refractivity contribution in [1.29, 1.82) is 5.26 Å². The van der Waals surface area contributed by atoms with Gasteiger partial charge >= 0.3 is 0 Å². The topological polar surface area (TPSA) is 70.0 Å². The molecule has 0 radical (unpaired) electrons. The number of nitrogens with zero attached hydrogens (tertiary/aromatic N) is 1. The number of halogens is 3. The predicted octanol–water partition coefficient (Wildman–Crippen LogP) is 3.87. The largest absolute Gasteiger partial charge is 0.277 e. The first-order valence-corrected chi connectivity index (χ1v) is 8.06. The van der Waals surface area contributed by atoms with E-state index in [0.29, 0.717) is 0 Å². The summed E-state index contributed by atoms with van der Waals surface area (Å²) in [6, 6.07) is 6.31. The molecule has 104 valence electrons. The lowest BCUT2D eigenvalue weighted by Crippen LogP contribution is -2.13. The molecule has 0 saturated carbocycles. The normalized spacial score (nSPS) is 11.1. The molecular formula is C11H5Cl2FN2O2S2. The van der Waals surface area contributed by atoms with Crippen LogP contribution in [0.25, 0.3) is 0 Å². The Morgan fingerprint density at radius 3 is 2.50 bits per heavy atom. The third-order valence-corrected chi connectivity index (χ3v) is 5.38. The monoisotopic (exact) mass is 350 g/mol. The Morgan fingerprint density at radius 2 is 2.00 bits per heavy atom. The quantitative estimate of drug-likeness (QED) is 0.913. The minimum Gasteiger partial charge on any atom is -0.277 e. The smallest absolute Gasteiger partial charge is 0.264 e. The third-order valence-electron chi connectivity index (χ3n) is 2.26. The van der Waals surface area contributed by atoms with Gasteiger partial charge in [-0.1, -0.05) is 23.2 Å². The van der Waals surface area contributed by atoms with Crippen molar-refractivity contribution in [3.05, 3.63) is 44.3 Å². The minimum atomic E-state index is -4.04. The van der Waals surface area contributed by atoms with Gasteiger partial charge in [0.25, 0.3) is 10.0 Å². The fourth-order valence-electron chi connectivity index (χ4n) is 1.38. The van der Waals surface area contributed by atoms with E-state index in [4.69, 9.17) is 28.5 Å². The number of nitrogens with one attached hydrogen (secondary N) is 1. The van der Waals surface area contributed by atoms with Gasteiger partial charge in [-0.15, -0.1) is 11.3 Å². The summed E-state index contributed by atoms with van der Waals surface area (Å²) < 4.78 is 40.0. The molecule has 20 heavy (non-hydrogen) atoms. The lowest BCUT2D eigenvalue weighted by Gasteiger charge is -2.08. The second-order valence-electron chi connectivity index (χ2n) is 3.60. The van der Waals surface area contributed by atoms with Gasteiger partial charge in [0, 0.05) is 0 Å². The predicted molar refractivity (Wildman–Crippen MR) is 76.3 cm³/mol. The zero-order chi connectivity index (χ0) is 14.9. The first-order chi connectivity index (χ1) is 9.33. The van der Waals surface area contributed by atoms with E-state index < -0.39 is 15.8 Å². The van der Waals surface area contributed by atoms with Crippen molar-refractivity contribution in [2.24, 2.45) is 0 Å². The van der Waals surface area contributed by atoms with Gasteiger partial charge < -0.3 is 0 Å². The van der Waals surface area contributed by atoms with Gasteiger partial charge in [0.05, 0.1) is 21.7 Å². The highest BCUT2D eigenvalue weighted by molar-refractivity contribution is 7.93. The summed E-state index contributed by atoms with van der Waals surface area (Å²) in [7, 11) is -4.04. The Kier molecular flexibility index (Phi) is 4.20. The van der Waals surface area contributed by atoms with E-state index in [1.54, 1.807) is 6.07 Å². The molecule has 0 saturated heterocycles. The fraction of sp³-hybridized carbons (Fsp3) is 0. The lowest BCUT2D eigenvalue weighted by atomic mass is 10.2. The second-order valence-corrected chi connectivity index (χ2v) is 7.54. The molecule has 4 nitrogen and oxygen atoms in total. The van der Waals surface area contributed by atoms with Crippen LogP contribution >= 0.6 is 34.5 Å². The summed E-state index contributed by atoms with van der Waals surface area (Å²) in [6.45, 7) is 0. The van der Waals surface area contributed by atoms with Gasteiger partial charge in [-0.3, -0.25) is 4.72 Å². The van der Waals surface area contributed by atoms with E-state index in [9.17, 15) is 12.8 Å². The van der Waals surface area contributed by atoms with Crippen LogP contribution in [0.5, 0.6) is 0 Å². The molecule has 0 aliphatic rings. The van der Waals surface area contributed by atoms with Gasteiger partial charge in [-0.05, 0) is 24.3 Å². The van der Waals surface area contributed by atoms with Crippen molar-refractivity contribution < 1.29 is 12.8 Å². The van der Waals surface area contributed by atoms with Crippen LogP contribution in [0, 0.1) is 17.1 Å². The molecule has 9 heteroatoms. The summed E-state index contributed by atoms with van der Waals surface area (Å²) in [5.41, 5.74) is -0.190. The van der Waals surface area contributed by atoms with Crippen molar-refractivity contribution >= 4 is 50.2 Å². The molecule has 0 aliphatic carbocycles. The van der Waals surface area contributed by atoms with Crippen molar-refractivity contribution in [3.63, 3.8) is 0 Å². The summed E-state index contributed by atoms with van der Waals surface area (Å²) >= 11 is 12.3. The highest BCUT2D eigenvalue weighted by Crippen LogP contribution is 2.35. The molecule has 1 aromatic heterocycles. The lowest BCUT2D eigenvalue weighted by molar-refractivity contribution is 0.599. The molecule has 0 bridgehead atoms. The highest BCUT2D eigenvalue weighted by Gasteiger charge is 2.22. The number of hydrogen-bond acceptors (Lipinski definition) is 4. The third kappa shape index (κ3) is 3.04. The molecule has 0 atom stereocenters. The molecular weight excluding hydrogens is 346 g/mol. The molecule has 0 aliphatic heterocycles. The molecule has 1 N–H and O–H groups in total. The average molecular weight is 351 g/mol. The molecule has 0 amide bonds. The van der Waals surface area contributed by atoms with E-state index in [1.165, 1.54) is 12.1 Å². The Hall–Kier alpha value is -1.33. The Balaban J connectivity index is 2.39. The van der Waals surface area contributed by atoms with Crippen LogP contribution in [0.15, 0.2) is 29.2 Å². The fourth-order valence-corrected chi connectivity index (χ4v) is 4.59. The average Bonchev–Trinajstić information content (AvgIpc) is 2.71. The first kappa shape index (κ1) is 15.1. The van der Waals surface area contributed by atoms with Crippen molar-refractivity contribution in [1.82, 2.24) is 0 Å². The van der Waals surface area contributed by atoms with Gasteiger partial charge in [-0.25, -0.2) is 12.8 Å². The maximum absolute atomic E-state index is 13.7. The maximum atomic E-state index is 13.7. The van der Waals surface area contributed by atoms with E-state index in [0.717, 1.165) is 23.5 Å². The number of sulfonamides is 1. The van der Waals surface area contributed by atoms with Crippen LogP contribution in [0.4, 0.5) is 10.1 Å². The number of thiophene rings is 1. The van der Waals surface area contributed by atoms with Crippen LogP contribution in [-0.4, -0.2) is 8.42 Å². The van der Waals surface area contributed by atoms with Crippen molar-refractivity contribution in [2.45, 2.75) is 4.90 Å². The van der Waals surface area contributed by atoms with E-state index in [2.05, 4.69) is 4.72 Å². The standard InChI is InChI=1S/C11H5Cl2FN2O2S2/c12-10-4-9(11(13)19-10)20(17,18)16-8-2-1-6(5-15)3-7(8)14/h1-4,16H. The molecule has 1 aromatic carbocycles. The zero-order valence-corrected chi connectivity index (χ0v) is 12.7. The Labute approximate surface area is 128 Å². The molecule has 0 spiro atoms. The summed E-state index contributed by atoms with van der Waals surface area (Å²) in [4.78, 5) is -0.224. The van der Waals surface area contributed by atoms with Crippen LogP contribution < -0.4 is 4.72 Å². The van der Waals surface area contributed by atoms with Crippen LogP contribution in [0.1, 0.15) is 5.56 Å². The SMILES string of the molecule is N#Cc1ccc(NS(=O)(=O)c2cc(Cl)sc2Cl)c(F)c1. The molecule has 2 aromatic rings. The van der Waals surface area contributed by atoms with Gasteiger partial charge in [0.2, 0.25) is 0 Å². The Bertz CT molecular complexity index is 812. The zero-order valence-electron chi connectivity index (χ0n) is 9.52. The second kappa shape index (κ2) is 5.58. The Morgan fingerprint density at radius 1 is 1.30 bits per heavy atom. The molecule has 2 rings (SSSR count). The summed E-state index contributed by atoms with van der Waals surface area (Å²) in [5, 5.41) is 8.62. The highest BCUT2D eigenvalue weighted by atomic mass is 35.5. The van der Waals surface area contributed by atoms with E-state index in [-0.39, 0.29) is 24.8 Å². The number of benzene rings is 1. The minimum absolute atomic E-state index is 0.0171. The van der Waals surface area contributed by atoms with Crippen LogP contribution in [0.2, 0.25) is 8.67 Å². The van der Waals surface area contributed by atoms with Gasteiger partial charge in [-0.2, -0.15) is 5.26 Å². The number of rotatable bonds is 3. The van der Waals surface area contributed by atoms with E-state index in [1.807, 2.05) is 0 Å². The summed E-state index contributed by atoms with van der Waals surface area (Å²) in [6.07, 6.45) is 0. The first-order valence-electron chi connectivity index (χ1n) is 5.01. The van der Waals surface area contributed by atoms with Crippen molar-refractivity contribution in [2.75, 3.05) is 4.72 Å². The molecule has 0 unspecified atom stereocenters. The number of hydrogen-bond donors (Lipinski definition) is 1. The number of nitriles is 1. The molecule has 0 fully saturated rings. The molecule has 1 heterocycles. The van der Waals surface area contributed by atoms with Gasteiger partial charge in [0.15, 0.2) is 0 Å². The van der Waals surface area contributed by atoms with Crippen LogP contribution in [-0.2, 0) is 10.0 Å². The summed E-state index contributed by atoms with van der Waals surface area (Å²) in [5.74, 6) is -0.856.